The predicted octanol–water partition coefficient (Wildman–Crippen LogP) is 2.78. The highest BCUT2D eigenvalue weighted by Gasteiger charge is 2.25. The molecule has 1 fully saturated rings. The first-order chi connectivity index (χ1) is 14.8. The van der Waals surface area contributed by atoms with Gasteiger partial charge in [0.25, 0.3) is 0 Å². The van der Waals surface area contributed by atoms with Crippen LogP contribution in [0.5, 0.6) is 0 Å². The number of carbonyl (C=O) groups excluding carboxylic acids is 1. The van der Waals surface area contributed by atoms with Gasteiger partial charge in [-0.3, -0.25) is 9.36 Å². The number of rotatable bonds is 6. The number of likely N-dealkylation sites (tertiary alicyclic amines) is 1. The summed E-state index contributed by atoms with van der Waals surface area (Å²) < 4.78 is 31.8. The SMILES string of the molecule is Cn1c(=O)oc2cc(S(=O)(=O)CCC(=O)N3CCC(Cc4ccccc4)CC3)ccc21. The summed E-state index contributed by atoms with van der Waals surface area (Å²) in [7, 11) is -2.10. The highest BCUT2D eigenvalue weighted by atomic mass is 32.2. The molecule has 7 nitrogen and oxygen atoms in total. The molecule has 8 heteroatoms. The zero-order valence-corrected chi connectivity index (χ0v) is 18.3. The molecule has 0 atom stereocenters. The summed E-state index contributed by atoms with van der Waals surface area (Å²) >= 11 is 0. The van der Waals surface area contributed by atoms with Crippen LogP contribution < -0.4 is 5.76 Å². The van der Waals surface area contributed by atoms with E-state index in [1.807, 2.05) is 18.2 Å². The Balaban J connectivity index is 1.32. The first kappa shape index (κ1) is 21.4. The molecule has 0 bridgehead atoms. The van der Waals surface area contributed by atoms with E-state index in [9.17, 15) is 18.0 Å². The average molecular weight is 443 g/mol. The quantitative estimate of drug-likeness (QED) is 0.586. The van der Waals surface area contributed by atoms with Crippen molar-refractivity contribution < 1.29 is 17.6 Å². The normalized spacial score (nSPS) is 15.5. The van der Waals surface area contributed by atoms with Crippen LogP contribution in [0.25, 0.3) is 11.1 Å². The lowest BCUT2D eigenvalue weighted by molar-refractivity contribution is -0.132. The van der Waals surface area contributed by atoms with Crippen molar-refractivity contribution in [1.82, 2.24) is 9.47 Å². The Kier molecular flexibility index (Phi) is 6.00. The van der Waals surface area contributed by atoms with Gasteiger partial charge in [0.15, 0.2) is 15.4 Å². The molecule has 3 aromatic rings. The molecular formula is C23H26N2O5S. The molecule has 2 heterocycles. The summed E-state index contributed by atoms with van der Waals surface area (Å²) in [5.41, 5.74) is 2.06. The molecule has 4 rings (SSSR count). The number of hydrogen-bond acceptors (Lipinski definition) is 5. The number of sulfone groups is 1. The number of carbonyl (C=O) groups is 1. The van der Waals surface area contributed by atoms with Gasteiger partial charge in [-0.25, -0.2) is 13.2 Å². The molecule has 31 heavy (non-hydrogen) atoms. The Morgan fingerprint density at radius 2 is 1.81 bits per heavy atom. The van der Waals surface area contributed by atoms with Crippen molar-refractivity contribution in [2.45, 2.75) is 30.6 Å². The summed E-state index contributed by atoms with van der Waals surface area (Å²) in [6, 6.07) is 14.7. The Morgan fingerprint density at radius 3 is 2.52 bits per heavy atom. The van der Waals surface area contributed by atoms with Crippen molar-refractivity contribution in [3.8, 4) is 0 Å². The average Bonchev–Trinajstić information content (AvgIpc) is 3.06. The van der Waals surface area contributed by atoms with E-state index >= 15 is 0 Å². The van der Waals surface area contributed by atoms with Gasteiger partial charge in [0.1, 0.15) is 0 Å². The maximum Gasteiger partial charge on any atom is 0.419 e. The third kappa shape index (κ3) is 4.74. The number of aromatic nitrogens is 1. The van der Waals surface area contributed by atoms with Gasteiger partial charge in [-0.05, 0) is 42.9 Å². The largest absolute Gasteiger partial charge is 0.419 e. The van der Waals surface area contributed by atoms with Gasteiger partial charge in [0.2, 0.25) is 5.91 Å². The Morgan fingerprint density at radius 1 is 1.10 bits per heavy atom. The van der Waals surface area contributed by atoms with E-state index in [1.54, 1.807) is 18.0 Å². The fourth-order valence-corrected chi connectivity index (χ4v) is 5.38. The van der Waals surface area contributed by atoms with Crippen LogP contribution in [0.1, 0.15) is 24.8 Å². The molecule has 0 saturated carbocycles. The van der Waals surface area contributed by atoms with E-state index in [4.69, 9.17) is 4.42 Å². The second kappa shape index (κ2) is 8.70. The monoisotopic (exact) mass is 442 g/mol. The fourth-order valence-electron chi connectivity index (χ4n) is 4.14. The molecule has 0 unspecified atom stereocenters. The molecule has 1 amide bonds. The van der Waals surface area contributed by atoms with Crippen LogP contribution >= 0.6 is 0 Å². The number of piperidine rings is 1. The summed E-state index contributed by atoms with van der Waals surface area (Å²) in [5.74, 6) is -0.398. The highest BCUT2D eigenvalue weighted by molar-refractivity contribution is 7.91. The molecule has 0 N–H and O–H groups in total. The van der Waals surface area contributed by atoms with Crippen molar-refractivity contribution in [3.05, 3.63) is 64.6 Å². The van der Waals surface area contributed by atoms with Crippen molar-refractivity contribution in [2.24, 2.45) is 13.0 Å². The molecule has 2 aromatic carbocycles. The van der Waals surface area contributed by atoms with Crippen LogP contribution in [0.2, 0.25) is 0 Å². The summed E-state index contributed by atoms with van der Waals surface area (Å²) in [5, 5.41) is 0. The van der Waals surface area contributed by atoms with Crippen molar-refractivity contribution in [1.29, 1.82) is 0 Å². The van der Waals surface area contributed by atoms with Gasteiger partial charge in [-0.15, -0.1) is 0 Å². The number of amides is 1. The first-order valence-corrected chi connectivity index (χ1v) is 12.1. The van der Waals surface area contributed by atoms with Crippen molar-refractivity contribution >= 4 is 26.8 Å². The van der Waals surface area contributed by atoms with Crippen molar-refractivity contribution in [2.75, 3.05) is 18.8 Å². The summed E-state index contributed by atoms with van der Waals surface area (Å²) in [4.78, 5) is 26.0. The zero-order chi connectivity index (χ0) is 22.0. The smallest absolute Gasteiger partial charge is 0.408 e. The second-order valence-electron chi connectivity index (χ2n) is 8.14. The fraction of sp³-hybridized carbons (Fsp3) is 0.391. The first-order valence-electron chi connectivity index (χ1n) is 10.5. The van der Waals surface area contributed by atoms with E-state index < -0.39 is 15.6 Å². The maximum atomic E-state index is 12.7. The topological polar surface area (TPSA) is 89.6 Å². The molecule has 0 aliphatic carbocycles. The van der Waals surface area contributed by atoms with E-state index in [2.05, 4.69) is 12.1 Å². The van der Waals surface area contributed by atoms with E-state index in [-0.39, 0.29) is 28.6 Å². The molecule has 0 radical (unpaired) electrons. The minimum Gasteiger partial charge on any atom is -0.408 e. The van der Waals surface area contributed by atoms with Crippen LogP contribution in [0.15, 0.2) is 62.6 Å². The molecular weight excluding hydrogens is 416 g/mol. The van der Waals surface area contributed by atoms with Gasteiger partial charge in [-0.1, -0.05) is 30.3 Å². The van der Waals surface area contributed by atoms with Gasteiger partial charge in [0, 0.05) is 32.6 Å². The second-order valence-corrected chi connectivity index (χ2v) is 10.2. The molecule has 164 valence electrons. The Bertz CT molecular complexity index is 1240. The van der Waals surface area contributed by atoms with Crippen LogP contribution in [0.4, 0.5) is 0 Å². The third-order valence-corrected chi connectivity index (χ3v) is 7.76. The maximum absolute atomic E-state index is 12.7. The van der Waals surface area contributed by atoms with Gasteiger partial charge in [-0.2, -0.15) is 0 Å². The zero-order valence-electron chi connectivity index (χ0n) is 17.5. The van der Waals surface area contributed by atoms with Gasteiger partial charge in [0.05, 0.1) is 16.2 Å². The van der Waals surface area contributed by atoms with Gasteiger partial charge < -0.3 is 9.32 Å². The van der Waals surface area contributed by atoms with E-state index in [0.717, 1.165) is 19.3 Å². The number of nitrogens with zero attached hydrogens (tertiary/aromatic N) is 2. The standard InChI is InChI=1S/C23H26N2O5S/c1-24-20-8-7-19(16-21(20)30-23(24)27)31(28,29)14-11-22(26)25-12-9-18(10-13-25)15-17-5-3-2-4-6-17/h2-8,16,18H,9-15H2,1H3. The third-order valence-electron chi connectivity index (χ3n) is 6.04. The molecule has 1 aliphatic heterocycles. The van der Waals surface area contributed by atoms with Crippen LogP contribution in [-0.4, -0.2) is 42.6 Å². The Labute approximate surface area is 181 Å². The number of benzene rings is 2. The lowest BCUT2D eigenvalue weighted by Gasteiger charge is -2.32. The van der Waals surface area contributed by atoms with Crippen LogP contribution in [-0.2, 0) is 28.1 Å². The Hall–Kier alpha value is -2.87. The molecule has 1 saturated heterocycles. The molecule has 0 spiro atoms. The lowest BCUT2D eigenvalue weighted by Crippen LogP contribution is -2.39. The number of fused-ring (bicyclic) bond motifs is 1. The number of hydrogen-bond donors (Lipinski definition) is 0. The predicted molar refractivity (Wildman–Crippen MR) is 118 cm³/mol. The summed E-state index contributed by atoms with van der Waals surface area (Å²) in [6.45, 7) is 1.33. The molecule has 1 aliphatic rings. The number of oxazole rings is 1. The molecule has 1 aromatic heterocycles. The number of aryl methyl sites for hydroxylation is 1. The minimum absolute atomic E-state index is 0.0531. The van der Waals surface area contributed by atoms with Crippen LogP contribution in [0.3, 0.4) is 0 Å². The van der Waals surface area contributed by atoms with Crippen LogP contribution in [0, 0.1) is 5.92 Å². The minimum atomic E-state index is -3.66. The van der Waals surface area contributed by atoms with E-state index in [0.29, 0.717) is 24.5 Å². The highest BCUT2D eigenvalue weighted by Crippen LogP contribution is 2.23. The van der Waals surface area contributed by atoms with Gasteiger partial charge >= 0.3 is 5.76 Å². The van der Waals surface area contributed by atoms with Crippen molar-refractivity contribution in [3.63, 3.8) is 0 Å². The lowest BCUT2D eigenvalue weighted by atomic mass is 9.90. The summed E-state index contributed by atoms with van der Waals surface area (Å²) in [6.07, 6.45) is 2.81. The van der Waals surface area contributed by atoms with E-state index in [1.165, 1.54) is 22.3 Å².